The number of likely N-dealkylation sites (tertiary alicyclic amines) is 1. The number of hydrogen-bond donors (Lipinski definition) is 6. The average Bonchev–Trinajstić information content (AvgIpc) is 3.49. The van der Waals surface area contributed by atoms with Crippen LogP contribution in [0.5, 0.6) is 5.75 Å². The van der Waals surface area contributed by atoms with Crippen LogP contribution in [-0.2, 0) is 38.4 Å². The molecule has 0 radical (unpaired) electrons. The van der Waals surface area contributed by atoms with Crippen molar-refractivity contribution in [2.45, 2.75) is 56.3 Å². The largest absolute Gasteiger partial charge is 0.508 e. The molecule has 1 heterocycles. The van der Waals surface area contributed by atoms with E-state index in [-0.39, 0.29) is 30.9 Å². The zero-order chi connectivity index (χ0) is 30.9. The summed E-state index contributed by atoms with van der Waals surface area (Å²) >= 11 is 0. The van der Waals surface area contributed by atoms with Crippen molar-refractivity contribution in [1.82, 2.24) is 15.5 Å². The van der Waals surface area contributed by atoms with E-state index in [0.29, 0.717) is 25.1 Å². The third kappa shape index (κ3) is 8.55. The number of anilines is 1. The summed E-state index contributed by atoms with van der Waals surface area (Å²) in [4.78, 5) is 54.1. The Hall–Kier alpha value is -4.90. The number of phenols is 1. The highest BCUT2D eigenvalue weighted by Crippen LogP contribution is 2.20. The second-order valence-corrected chi connectivity index (χ2v) is 10.8. The first-order chi connectivity index (χ1) is 20.6. The van der Waals surface area contributed by atoms with Crippen molar-refractivity contribution in [2.24, 2.45) is 11.5 Å². The van der Waals surface area contributed by atoms with Crippen LogP contribution in [0.25, 0.3) is 0 Å². The number of nitrogens with one attached hydrogen (secondary N) is 2. The summed E-state index contributed by atoms with van der Waals surface area (Å²) < 4.78 is 0. The SMILES string of the molecule is NC(=O)[C@H](Cc1ccccc1)NC(=O)[C@H](Cc1ccc(N)cc1)NC(=O)[C@@H]1CCCN1C(=O)[C@@H](N)Cc1ccc(O)cc1. The van der Waals surface area contributed by atoms with Gasteiger partial charge in [0.25, 0.3) is 0 Å². The van der Waals surface area contributed by atoms with Crippen LogP contribution in [-0.4, -0.2) is 64.3 Å². The Morgan fingerprint density at radius 2 is 1.40 bits per heavy atom. The predicted molar refractivity (Wildman–Crippen MR) is 162 cm³/mol. The fraction of sp³-hybridized carbons (Fsp3) is 0.312. The Labute approximate surface area is 250 Å². The molecule has 0 aliphatic carbocycles. The smallest absolute Gasteiger partial charge is 0.243 e. The van der Waals surface area contributed by atoms with Gasteiger partial charge in [-0.2, -0.15) is 0 Å². The zero-order valence-electron chi connectivity index (χ0n) is 23.8. The van der Waals surface area contributed by atoms with E-state index in [0.717, 1.165) is 16.7 Å². The van der Waals surface area contributed by atoms with Crippen molar-refractivity contribution in [3.8, 4) is 5.75 Å². The molecule has 0 saturated carbocycles. The number of rotatable bonds is 12. The fourth-order valence-electron chi connectivity index (χ4n) is 5.20. The highest BCUT2D eigenvalue weighted by atomic mass is 16.3. The lowest BCUT2D eigenvalue weighted by Gasteiger charge is -2.29. The minimum Gasteiger partial charge on any atom is -0.508 e. The summed E-state index contributed by atoms with van der Waals surface area (Å²) in [5.41, 5.74) is 20.6. The summed E-state index contributed by atoms with van der Waals surface area (Å²) in [5.74, 6) is -2.03. The second kappa shape index (κ2) is 14.3. The van der Waals surface area contributed by atoms with Gasteiger partial charge < -0.3 is 37.8 Å². The first kappa shape index (κ1) is 31.0. The highest BCUT2D eigenvalue weighted by Gasteiger charge is 2.38. The van der Waals surface area contributed by atoms with Gasteiger partial charge in [-0.25, -0.2) is 0 Å². The molecule has 4 amide bonds. The molecule has 9 N–H and O–H groups in total. The lowest BCUT2D eigenvalue weighted by Crippen LogP contribution is -2.58. The van der Waals surface area contributed by atoms with Gasteiger partial charge in [0.15, 0.2) is 0 Å². The zero-order valence-corrected chi connectivity index (χ0v) is 23.8. The van der Waals surface area contributed by atoms with Crippen LogP contribution < -0.4 is 27.8 Å². The summed E-state index contributed by atoms with van der Waals surface area (Å²) in [7, 11) is 0. The normalized spacial score (nSPS) is 16.6. The number of nitrogens with two attached hydrogens (primary N) is 3. The molecule has 1 saturated heterocycles. The summed E-state index contributed by atoms with van der Waals surface area (Å²) in [6.07, 6.45) is 1.56. The predicted octanol–water partition coefficient (Wildman–Crippen LogP) is 0.776. The number of primary amides is 1. The van der Waals surface area contributed by atoms with E-state index in [4.69, 9.17) is 17.2 Å². The van der Waals surface area contributed by atoms with Gasteiger partial charge in [-0.1, -0.05) is 54.6 Å². The van der Waals surface area contributed by atoms with Crippen LogP contribution in [0, 0.1) is 0 Å². The Kier molecular flexibility index (Phi) is 10.3. The molecule has 4 atom stereocenters. The molecule has 1 aliphatic heterocycles. The van der Waals surface area contributed by atoms with Gasteiger partial charge in [-0.05, 0) is 60.2 Å². The van der Waals surface area contributed by atoms with Crippen molar-refractivity contribution in [3.63, 3.8) is 0 Å². The first-order valence-electron chi connectivity index (χ1n) is 14.2. The molecule has 3 aromatic carbocycles. The van der Waals surface area contributed by atoms with E-state index in [9.17, 15) is 24.3 Å². The van der Waals surface area contributed by atoms with Crippen LogP contribution in [0.3, 0.4) is 0 Å². The molecule has 4 rings (SSSR count). The van der Waals surface area contributed by atoms with Crippen molar-refractivity contribution in [2.75, 3.05) is 12.3 Å². The molecule has 3 aromatic rings. The third-order valence-corrected chi connectivity index (χ3v) is 7.54. The Bertz CT molecular complexity index is 1410. The van der Waals surface area contributed by atoms with Gasteiger partial charge in [0, 0.05) is 25.1 Å². The molecule has 0 bridgehead atoms. The maximum absolute atomic E-state index is 13.6. The molecule has 1 fully saturated rings. The highest BCUT2D eigenvalue weighted by molar-refractivity contribution is 5.95. The second-order valence-electron chi connectivity index (χ2n) is 10.8. The summed E-state index contributed by atoms with van der Waals surface area (Å²) in [6, 6.07) is 18.7. The molecule has 0 aromatic heterocycles. The van der Waals surface area contributed by atoms with Gasteiger partial charge >= 0.3 is 0 Å². The minimum atomic E-state index is -1.06. The number of nitrogen functional groups attached to an aromatic ring is 1. The van der Waals surface area contributed by atoms with Crippen LogP contribution in [0.1, 0.15) is 29.5 Å². The maximum atomic E-state index is 13.6. The quantitative estimate of drug-likeness (QED) is 0.169. The van der Waals surface area contributed by atoms with E-state index in [2.05, 4.69) is 10.6 Å². The number of benzene rings is 3. The molecule has 0 spiro atoms. The van der Waals surface area contributed by atoms with Crippen LogP contribution in [0.2, 0.25) is 0 Å². The molecular weight excluding hydrogens is 548 g/mol. The third-order valence-electron chi connectivity index (χ3n) is 7.54. The molecule has 11 heteroatoms. The van der Waals surface area contributed by atoms with Crippen molar-refractivity contribution < 1.29 is 24.3 Å². The van der Waals surface area contributed by atoms with Gasteiger partial charge in [0.2, 0.25) is 23.6 Å². The number of aromatic hydroxyl groups is 1. The Balaban J connectivity index is 1.48. The van der Waals surface area contributed by atoms with Crippen LogP contribution in [0.4, 0.5) is 5.69 Å². The minimum absolute atomic E-state index is 0.111. The number of phenolic OH excluding ortho intramolecular Hbond substituents is 1. The van der Waals surface area contributed by atoms with E-state index in [1.54, 1.807) is 36.4 Å². The number of hydrogen-bond acceptors (Lipinski definition) is 7. The molecule has 1 aliphatic rings. The van der Waals surface area contributed by atoms with Crippen LogP contribution >= 0.6 is 0 Å². The molecule has 0 unspecified atom stereocenters. The van der Waals surface area contributed by atoms with Gasteiger partial charge in [-0.3, -0.25) is 19.2 Å². The lowest BCUT2D eigenvalue weighted by molar-refractivity contribution is -0.140. The van der Waals surface area contributed by atoms with E-state index >= 15 is 0 Å². The Morgan fingerprint density at radius 1 is 0.814 bits per heavy atom. The molecule has 11 nitrogen and oxygen atoms in total. The average molecular weight is 587 g/mol. The topological polar surface area (TPSA) is 194 Å². The van der Waals surface area contributed by atoms with Gasteiger partial charge in [-0.15, -0.1) is 0 Å². The van der Waals surface area contributed by atoms with Crippen molar-refractivity contribution in [1.29, 1.82) is 0 Å². The van der Waals surface area contributed by atoms with Crippen LogP contribution in [0.15, 0.2) is 78.9 Å². The molecule has 226 valence electrons. The monoisotopic (exact) mass is 586 g/mol. The molecule has 43 heavy (non-hydrogen) atoms. The van der Waals surface area contributed by atoms with Crippen molar-refractivity contribution >= 4 is 29.3 Å². The lowest BCUT2D eigenvalue weighted by atomic mass is 10.0. The standard InChI is InChI=1S/C32H38N6O5/c33-23-12-8-22(9-13-23)19-27(30(41)36-26(29(35)40)18-20-5-2-1-3-6-20)37-31(42)28-7-4-16-38(28)32(43)25(34)17-21-10-14-24(39)15-11-21/h1-3,5-6,8-15,25-28,39H,4,7,16-19,33-34H2,(H2,35,40)(H,36,41)(H,37,42)/t25-,26-,27-,28-/m0/s1. The first-order valence-corrected chi connectivity index (χ1v) is 14.2. The van der Waals surface area contributed by atoms with E-state index < -0.39 is 41.9 Å². The summed E-state index contributed by atoms with van der Waals surface area (Å²) in [5, 5.41) is 15.0. The van der Waals surface area contributed by atoms with Gasteiger partial charge in [0.05, 0.1) is 6.04 Å². The molecular formula is C32H38N6O5. The van der Waals surface area contributed by atoms with Crippen molar-refractivity contribution in [3.05, 3.63) is 95.6 Å². The van der Waals surface area contributed by atoms with E-state index in [1.807, 2.05) is 30.3 Å². The number of amides is 4. The number of nitrogens with zero attached hydrogens (tertiary/aromatic N) is 1. The number of carbonyl (C=O) groups excluding carboxylic acids is 4. The Morgan fingerprint density at radius 3 is 2.05 bits per heavy atom. The van der Waals surface area contributed by atoms with Gasteiger partial charge in [0.1, 0.15) is 23.9 Å². The fourth-order valence-corrected chi connectivity index (χ4v) is 5.20. The van der Waals surface area contributed by atoms with E-state index in [1.165, 1.54) is 17.0 Å². The summed E-state index contributed by atoms with van der Waals surface area (Å²) in [6.45, 7) is 0.357. The number of carbonyl (C=O) groups is 4. The maximum Gasteiger partial charge on any atom is 0.243 e.